The number of thiazole rings is 1. The van der Waals surface area contributed by atoms with E-state index in [0.29, 0.717) is 15.7 Å². The molecule has 0 aliphatic rings. The predicted molar refractivity (Wildman–Crippen MR) is 115 cm³/mol. The number of hydrogen-bond donors (Lipinski definition) is 1. The van der Waals surface area contributed by atoms with Crippen molar-refractivity contribution in [3.05, 3.63) is 59.2 Å². The average molecular weight is 405 g/mol. The van der Waals surface area contributed by atoms with Gasteiger partial charge in [-0.05, 0) is 43.2 Å². The molecule has 28 heavy (non-hydrogen) atoms. The van der Waals surface area contributed by atoms with Crippen molar-refractivity contribution in [2.75, 3.05) is 11.1 Å². The standard InChI is InChI=1S/C21H16N4OS2/c1-12-7-8-13(2)19-15(12)9-14(10-22)20(25-19)27-11-18(26)24-21-23-16-5-3-4-6-17(16)28-21/h3-9H,11H2,1-2H3,(H,23,24,26). The maximum atomic E-state index is 12.4. The number of carbonyl (C=O) groups excluding carboxylic acids is 1. The number of amides is 1. The van der Waals surface area contributed by atoms with E-state index in [4.69, 9.17) is 0 Å². The van der Waals surface area contributed by atoms with E-state index in [-0.39, 0.29) is 11.7 Å². The van der Waals surface area contributed by atoms with Gasteiger partial charge in [0.15, 0.2) is 5.13 Å². The highest BCUT2D eigenvalue weighted by Gasteiger charge is 2.13. The number of aromatic nitrogens is 2. The highest BCUT2D eigenvalue weighted by Crippen LogP contribution is 2.29. The fraction of sp³-hybridized carbons (Fsp3) is 0.143. The Morgan fingerprint density at radius 1 is 1.18 bits per heavy atom. The summed E-state index contributed by atoms with van der Waals surface area (Å²) in [6.07, 6.45) is 0. The molecule has 0 saturated heterocycles. The maximum Gasteiger partial charge on any atom is 0.236 e. The van der Waals surface area contributed by atoms with Crippen LogP contribution in [-0.2, 0) is 4.79 Å². The molecule has 0 fully saturated rings. The van der Waals surface area contributed by atoms with Gasteiger partial charge < -0.3 is 5.32 Å². The number of benzene rings is 2. The lowest BCUT2D eigenvalue weighted by Gasteiger charge is -2.09. The van der Waals surface area contributed by atoms with Gasteiger partial charge in [0.05, 0.1) is 27.0 Å². The van der Waals surface area contributed by atoms with Gasteiger partial charge in [-0.1, -0.05) is 47.4 Å². The minimum absolute atomic E-state index is 0.161. The molecule has 138 valence electrons. The Morgan fingerprint density at radius 2 is 1.96 bits per heavy atom. The van der Waals surface area contributed by atoms with Gasteiger partial charge in [0.25, 0.3) is 0 Å². The van der Waals surface area contributed by atoms with Crippen molar-refractivity contribution in [2.24, 2.45) is 0 Å². The number of pyridine rings is 1. The summed E-state index contributed by atoms with van der Waals surface area (Å²) in [6.45, 7) is 4.00. The molecule has 0 atom stereocenters. The number of nitriles is 1. The third-order valence-electron chi connectivity index (χ3n) is 4.37. The molecule has 7 heteroatoms. The number of anilines is 1. The van der Waals surface area contributed by atoms with Gasteiger partial charge >= 0.3 is 0 Å². The summed E-state index contributed by atoms with van der Waals surface area (Å²) in [7, 11) is 0. The topological polar surface area (TPSA) is 78.7 Å². The normalized spacial score (nSPS) is 10.9. The highest BCUT2D eigenvalue weighted by atomic mass is 32.2. The quantitative estimate of drug-likeness (QED) is 0.481. The van der Waals surface area contributed by atoms with Gasteiger partial charge in [0, 0.05) is 5.39 Å². The molecule has 0 spiro atoms. The molecule has 0 unspecified atom stereocenters. The van der Waals surface area contributed by atoms with Crippen LogP contribution in [0.3, 0.4) is 0 Å². The van der Waals surface area contributed by atoms with Gasteiger partial charge in [-0.15, -0.1) is 0 Å². The largest absolute Gasteiger partial charge is 0.301 e. The molecule has 4 aromatic rings. The SMILES string of the molecule is Cc1ccc(C)c2nc(SCC(=O)Nc3nc4ccccc4s3)c(C#N)cc12. The Kier molecular flexibility index (Phi) is 4.99. The molecule has 4 rings (SSSR count). The summed E-state index contributed by atoms with van der Waals surface area (Å²) in [5.74, 6) is -0.00986. The zero-order chi connectivity index (χ0) is 19.7. The number of thioether (sulfide) groups is 1. The molecule has 0 aliphatic heterocycles. The van der Waals surface area contributed by atoms with Crippen molar-refractivity contribution < 1.29 is 4.79 Å². The fourth-order valence-electron chi connectivity index (χ4n) is 2.92. The van der Waals surface area contributed by atoms with Crippen LogP contribution in [-0.4, -0.2) is 21.6 Å². The molecule has 2 heterocycles. The van der Waals surface area contributed by atoms with Crippen LogP contribution in [0.25, 0.3) is 21.1 Å². The molecule has 0 bridgehead atoms. The summed E-state index contributed by atoms with van der Waals surface area (Å²) in [4.78, 5) is 21.5. The zero-order valence-electron chi connectivity index (χ0n) is 15.3. The third kappa shape index (κ3) is 3.57. The van der Waals surface area contributed by atoms with Crippen molar-refractivity contribution in [1.82, 2.24) is 9.97 Å². The first-order valence-electron chi connectivity index (χ1n) is 8.64. The molecule has 5 nitrogen and oxygen atoms in total. The average Bonchev–Trinajstić information content (AvgIpc) is 3.11. The number of hydrogen-bond acceptors (Lipinski definition) is 6. The van der Waals surface area contributed by atoms with E-state index in [2.05, 4.69) is 21.4 Å². The van der Waals surface area contributed by atoms with Gasteiger partial charge in [0.1, 0.15) is 11.1 Å². The first kappa shape index (κ1) is 18.4. The maximum absolute atomic E-state index is 12.4. The van der Waals surface area contributed by atoms with Crippen LogP contribution < -0.4 is 5.32 Å². The number of nitrogens with one attached hydrogen (secondary N) is 1. The predicted octanol–water partition coefficient (Wildman–Crippen LogP) is 5.06. The van der Waals surface area contributed by atoms with E-state index < -0.39 is 0 Å². The lowest BCUT2D eigenvalue weighted by Crippen LogP contribution is -2.14. The van der Waals surface area contributed by atoms with Crippen LogP contribution in [0.2, 0.25) is 0 Å². The summed E-state index contributed by atoms with van der Waals surface area (Å²) in [6, 6.07) is 15.9. The second-order valence-corrected chi connectivity index (χ2v) is 8.37. The summed E-state index contributed by atoms with van der Waals surface area (Å²) in [5, 5.41) is 14.5. The molecule has 2 aromatic heterocycles. The van der Waals surface area contributed by atoms with Crippen molar-refractivity contribution in [1.29, 1.82) is 5.26 Å². The second-order valence-electron chi connectivity index (χ2n) is 6.37. The summed E-state index contributed by atoms with van der Waals surface area (Å²) < 4.78 is 1.03. The Balaban J connectivity index is 1.53. The van der Waals surface area contributed by atoms with Crippen molar-refractivity contribution in [3.8, 4) is 6.07 Å². The first-order chi connectivity index (χ1) is 13.5. The third-order valence-corrected chi connectivity index (χ3v) is 6.31. The Morgan fingerprint density at radius 3 is 2.75 bits per heavy atom. The summed E-state index contributed by atoms with van der Waals surface area (Å²) >= 11 is 2.71. The molecule has 2 aromatic carbocycles. The first-order valence-corrected chi connectivity index (χ1v) is 10.4. The minimum atomic E-state index is -0.171. The van der Waals surface area contributed by atoms with Crippen LogP contribution in [0.15, 0.2) is 47.5 Å². The molecular weight excluding hydrogens is 388 g/mol. The lowest BCUT2D eigenvalue weighted by atomic mass is 10.0. The van der Waals surface area contributed by atoms with Crippen molar-refractivity contribution in [3.63, 3.8) is 0 Å². The molecule has 0 radical (unpaired) electrons. The summed E-state index contributed by atoms with van der Waals surface area (Å²) in [5.41, 5.74) is 4.34. The van der Waals surface area contributed by atoms with Crippen LogP contribution in [0.4, 0.5) is 5.13 Å². The number of aryl methyl sites for hydroxylation is 2. The van der Waals surface area contributed by atoms with Crippen LogP contribution in [0.1, 0.15) is 16.7 Å². The van der Waals surface area contributed by atoms with E-state index in [9.17, 15) is 10.1 Å². The van der Waals surface area contributed by atoms with Gasteiger partial charge in [-0.25, -0.2) is 9.97 Å². The molecule has 1 N–H and O–H groups in total. The van der Waals surface area contributed by atoms with Crippen LogP contribution in [0, 0.1) is 25.2 Å². The number of rotatable bonds is 4. The van der Waals surface area contributed by atoms with E-state index in [1.54, 1.807) is 0 Å². The van der Waals surface area contributed by atoms with Crippen molar-refractivity contribution in [2.45, 2.75) is 18.9 Å². The van der Waals surface area contributed by atoms with Crippen molar-refractivity contribution >= 4 is 55.3 Å². The van der Waals surface area contributed by atoms with Gasteiger partial charge in [0.2, 0.25) is 5.91 Å². The van der Waals surface area contributed by atoms with E-state index >= 15 is 0 Å². The minimum Gasteiger partial charge on any atom is -0.301 e. The number of fused-ring (bicyclic) bond motifs is 2. The second kappa shape index (κ2) is 7.58. The number of para-hydroxylation sites is 1. The molecule has 0 saturated carbocycles. The molecule has 0 aliphatic carbocycles. The Hall–Kier alpha value is -2.95. The zero-order valence-corrected chi connectivity index (χ0v) is 16.9. The number of carbonyl (C=O) groups is 1. The smallest absolute Gasteiger partial charge is 0.236 e. The van der Waals surface area contributed by atoms with E-state index in [1.807, 2.05) is 56.3 Å². The van der Waals surface area contributed by atoms with E-state index in [0.717, 1.165) is 32.2 Å². The Labute approximate surface area is 170 Å². The number of nitrogens with zero attached hydrogens (tertiary/aromatic N) is 3. The van der Waals surface area contributed by atoms with Crippen LogP contribution >= 0.6 is 23.1 Å². The fourth-order valence-corrected chi connectivity index (χ4v) is 4.56. The van der Waals surface area contributed by atoms with Gasteiger partial charge in [-0.3, -0.25) is 4.79 Å². The molecule has 1 amide bonds. The highest BCUT2D eigenvalue weighted by molar-refractivity contribution is 8.00. The lowest BCUT2D eigenvalue weighted by molar-refractivity contribution is -0.113. The monoisotopic (exact) mass is 404 g/mol. The van der Waals surface area contributed by atoms with E-state index in [1.165, 1.54) is 23.1 Å². The van der Waals surface area contributed by atoms with Crippen LogP contribution in [0.5, 0.6) is 0 Å². The van der Waals surface area contributed by atoms with Gasteiger partial charge in [-0.2, -0.15) is 5.26 Å². The molecular formula is C21H16N4OS2. The Bertz CT molecular complexity index is 1220.